The first-order chi connectivity index (χ1) is 9.18. The van der Waals surface area contributed by atoms with E-state index in [-0.39, 0.29) is 12.1 Å². The molecule has 19 heavy (non-hydrogen) atoms. The number of benzene rings is 1. The molecule has 0 bridgehead atoms. The lowest BCUT2D eigenvalue weighted by molar-refractivity contribution is 0.0612. The Morgan fingerprint density at radius 3 is 2.84 bits per heavy atom. The Labute approximate surface area is 114 Å². The minimum absolute atomic E-state index is 0.205. The lowest BCUT2D eigenvalue weighted by atomic mass is 10.0. The van der Waals surface area contributed by atoms with Crippen molar-refractivity contribution in [3.63, 3.8) is 0 Å². The van der Waals surface area contributed by atoms with Crippen LogP contribution in [0.25, 0.3) is 0 Å². The molecule has 1 aliphatic heterocycles. The van der Waals surface area contributed by atoms with Crippen molar-refractivity contribution in [2.75, 3.05) is 19.6 Å². The number of ether oxygens (including phenoxy) is 1. The summed E-state index contributed by atoms with van der Waals surface area (Å²) >= 11 is 0. The first-order valence-electron chi connectivity index (χ1n) is 6.86. The van der Waals surface area contributed by atoms with Crippen LogP contribution in [0.15, 0.2) is 30.3 Å². The van der Waals surface area contributed by atoms with Crippen LogP contribution in [0.2, 0.25) is 0 Å². The van der Waals surface area contributed by atoms with Crippen LogP contribution in [0.1, 0.15) is 19.4 Å². The van der Waals surface area contributed by atoms with Crippen molar-refractivity contribution >= 4 is 6.09 Å². The van der Waals surface area contributed by atoms with Crippen molar-refractivity contribution in [2.24, 2.45) is 5.92 Å². The van der Waals surface area contributed by atoms with E-state index in [2.05, 4.69) is 19.2 Å². The maximum atomic E-state index is 12.2. The fourth-order valence-corrected chi connectivity index (χ4v) is 2.35. The van der Waals surface area contributed by atoms with Crippen LogP contribution in [0, 0.1) is 5.92 Å². The highest BCUT2D eigenvalue weighted by molar-refractivity contribution is 5.68. The topological polar surface area (TPSA) is 41.6 Å². The van der Waals surface area contributed by atoms with Crippen molar-refractivity contribution in [1.29, 1.82) is 0 Å². The SMILES string of the molecule is CC(C)C1CNCCN1C(=O)OCc1ccccc1. The highest BCUT2D eigenvalue weighted by Crippen LogP contribution is 2.14. The van der Waals surface area contributed by atoms with Gasteiger partial charge in [-0.2, -0.15) is 0 Å². The molecule has 2 rings (SSSR count). The Hall–Kier alpha value is -1.55. The molecule has 1 aromatic rings. The number of hydrogen-bond donors (Lipinski definition) is 1. The number of carbonyl (C=O) groups excluding carboxylic acids is 1. The molecule has 1 unspecified atom stereocenters. The van der Waals surface area contributed by atoms with Crippen molar-refractivity contribution in [3.8, 4) is 0 Å². The van der Waals surface area contributed by atoms with Gasteiger partial charge in [0.15, 0.2) is 0 Å². The predicted octanol–water partition coefficient (Wildman–Crippen LogP) is 2.25. The number of hydrogen-bond acceptors (Lipinski definition) is 3. The summed E-state index contributed by atoms with van der Waals surface area (Å²) in [5, 5.41) is 3.33. The van der Waals surface area contributed by atoms with Gasteiger partial charge in [0, 0.05) is 25.7 Å². The number of nitrogens with zero attached hydrogens (tertiary/aromatic N) is 1. The highest BCUT2D eigenvalue weighted by Gasteiger charge is 2.29. The zero-order valence-corrected chi connectivity index (χ0v) is 11.6. The molecule has 4 heteroatoms. The van der Waals surface area contributed by atoms with E-state index in [0.29, 0.717) is 12.5 Å². The molecule has 1 saturated heterocycles. The van der Waals surface area contributed by atoms with Gasteiger partial charge in [0.1, 0.15) is 6.61 Å². The second-order valence-corrected chi connectivity index (χ2v) is 5.25. The van der Waals surface area contributed by atoms with Gasteiger partial charge < -0.3 is 15.0 Å². The van der Waals surface area contributed by atoms with E-state index in [0.717, 1.165) is 25.2 Å². The predicted molar refractivity (Wildman–Crippen MR) is 74.8 cm³/mol. The number of amides is 1. The van der Waals surface area contributed by atoms with Crippen molar-refractivity contribution in [3.05, 3.63) is 35.9 Å². The van der Waals surface area contributed by atoms with Crippen LogP contribution in [-0.4, -0.2) is 36.7 Å². The van der Waals surface area contributed by atoms with Crippen molar-refractivity contribution in [1.82, 2.24) is 10.2 Å². The van der Waals surface area contributed by atoms with Gasteiger partial charge in [-0.15, -0.1) is 0 Å². The molecule has 1 amide bonds. The smallest absolute Gasteiger partial charge is 0.410 e. The lowest BCUT2D eigenvalue weighted by Crippen LogP contribution is -2.55. The van der Waals surface area contributed by atoms with E-state index in [1.807, 2.05) is 35.2 Å². The summed E-state index contributed by atoms with van der Waals surface area (Å²) < 4.78 is 5.41. The Morgan fingerprint density at radius 2 is 2.16 bits per heavy atom. The van der Waals surface area contributed by atoms with Crippen molar-refractivity contribution < 1.29 is 9.53 Å². The standard InChI is InChI=1S/C15H22N2O2/c1-12(2)14-10-16-8-9-17(14)15(18)19-11-13-6-4-3-5-7-13/h3-7,12,14,16H,8-11H2,1-2H3. The molecular weight excluding hydrogens is 240 g/mol. The molecule has 0 aliphatic carbocycles. The summed E-state index contributed by atoms with van der Waals surface area (Å²) in [5.74, 6) is 0.428. The summed E-state index contributed by atoms with van der Waals surface area (Å²) in [6, 6.07) is 10.00. The van der Waals surface area contributed by atoms with E-state index in [9.17, 15) is 4.79 Å². The average Bonchev–Trinajstić information content (AvgIpc) is 2.46. The fourth-order valence-electron chi connectivity index (χ4n) is 2.35. The molecule has 104 valence electrons. The molecule has 0 radical (unpaired) electrons. The minimum atomic E-state index is -0.205. The average molecular weight is 262 g/mol. The number of rotatable bonds is 3. The first kappa shape index (κ1) is 13.9. The Morgan fingerprint density at radius 1 is 1.42 bits per heavy atom. The van der Waals surface area contributed by atoms with Gasteiger partial charge in [0.2, 0.25) is 0 Å². The van der Waals surface area contributed by atoms with Gasteiger partial charge in [-0.25, -0.2) is 4.79 Å². The van der Waals surface area contributed by atoms with Crippen LogP contribution >= 0.6 is 0 Å². The third kappa shape index (κ3) is 3.70. The normalized spacial score (nSPS) is 19.5. The number of carbonyl (C=O) groups is 1. The second kappa shape index (κ2) is 6.57. The monoisotopic (exact) mass is 262 g/mol. The molecule has 4 nitrogen and oxygen atoms in total. The molecule has 1 N–H and O–H groups in total. The molecule has 1 fully saturated rings. The van der Waals surface area contributed by atoms with E-state index in [1.165, 1.54) is 0 Å². The maximum absolute atomic E-state index is 12.2. The minimum Gasteiger partial charge on any atom is -0.445 e. The van der Waals surface area contributed by atoms with Crippen molar-refractivity contribution in [2.45, 2.75) is 26.5 Å². The Bertz CT molecular complexity index is 406. The van der Waals surface area contributed by atoms with Crippen LogP contribution in [0.3, 0.4) is 0 Å². The largest absolute Gasteiger partial charge is 0.445 e. The number of nitrogens with one attached hydrogen (secondary N) is 1. The Balaban J connectivity index is 1.91. The molecule has 1 aliphatic rings. The van der Waals surface area contributed by atoms with Gasteiger partial charge in [0.05, 0.1) is 0 Å². The summed E-state index contributed by atoms with van der Waals surface area (Å²) in [6.07, 6.45) is -0.205. The van der Waals surface area contributed by atoms with E-state index in [1.54, 1.807) is 0 Å². The van der Waals surface area contributed by atoms with Gasteiger partial charge >= 0.3 is 6.09 Å². The zero-order chi connectivity index (χ0) is 13.7. The van der Waals surface area contributed by atoms with Crippen LogP contribution < -0.4 is 5.32 Å². The van der Waals surface area contributed by atoms with Gasteiger partial charge in [-0.05, 0) is 11.5 Å². The second-order valence-electron chi connectivity index (χ2n) is 5.25. The summed E-state index contributed by atoms with van der Waals surface area (Å²) in [4.78, 5) is 14.0. The fraction of sp³-hybridized carbons (Fsp3) is 0.533. The van der Waals surface area contributed by atoms with Crippen LogP contribution in [-0.2, 0) is 11.3 Å². The van der Waals surface area contributed by atoms with Crippen LogP contribution in [0.4, 0.5) is 4.79 Å². The highest BCUT2D eigenvalue weighted by atomic mass is 16.6. The van der Waals surface area contributed by atoms with Gasteiger partial charge in [-0.3, -0.25) is 0 Å². The quantitative estimate of drug-likeness (QED) is 0.908. The number of piperazine rings is 1. The molecule has 1 heterocycles. The van der Waals surface area contributed by atoms with E-state index < -0.39 is 0 Å². The van der Waals surface area contributed by atoms with E-state index in [4.69, 9.17) is 4.74 Å². The maximum Gasteiger partial charge on any atom is 0.410 e. The van der Waals surface area contributed by atoms with Crippen LogP contribution in [0.5, 0.6) is 0 Å². The third-order valence-corrected chi connectivity index (χ3v) is 3.49. The summed E-state index contributed by atoms with van der Waals surface area (Å²) in [5.41, 5.74) is 1.02. The molecule has 0 spiro atoms. The Kier molecular flexibility index (Phi) is 4.80. The molecule has 0 aromatic heterocycles. The summed E-state index contributed by atoms with van der Waals surface area (Å²) in [7, 11) is 0. The van der Waals surface area contributed by atoms with Gasteiger partial charge in [-0.1, -0.05) is 44.2 Å². The van der Waals surface area contributed by atoms with Gasteiger partial charge in [0.25, 0.3) is 0 Å². The lowest BCUT2D eigenvalue weighted by Gasteiger charge is -2.37. The van der Waals surface area contributed by atoms with E-state index >= 15 is 0 Å². The molecule has 0 saturated carbocycles. The molecule has 1 aromatic carbocycles. The third-order valence-electron chi connectivity index (χ3n) is 3.49. The molecule has 1 atom stereocenters. The zero-order valence-electron chi connectivity index (χ0n) is 11.6. The summed E-state index contributed by atoms with van der Waals surface area (Å²) in [6.45, 7) is 7.01. The first-order valence-corrected chi connectivity index (χ1v) is 6.86. The molecular formula is C15H22N2O2.